The molecule has 0 bridgehead atoms. The van der Waals surface area contributed by atoms with E-state index in [1.54, 1.807) is 0 Å². The molecular weight excluding hydrogens is 306 g/mol. The molecule has 0 aliphatic heterocycles. The van der Waals surface area contributed by atoms with E-state index in [2.05, 4.69) is 47.4 Å². The summed E-state index contributed by atoms with van der Waals surface area (Å²) in [5.41, 5.74) is 4.99. The Morgan fingerprint density at radius 1 is 0.760 bits per heavy atom. The Hall–Kier alpha value is -3.39. The molecule has 0 atom stereocenters. The van der Waals surface area contributed by atoms with Crippen LogP contribution in [-0.4, -0.2) is 4.98 Å². The summed E-state index contributed by atoms with van der Waals surface area (Å²) in [6.45, 7) is 0. The van der Waals surface area contributed by atoms with Crippen LogP contribution in [0.25, 0.3) is 44.5 Å². The monoisotopic (exact) mass is 320 g/mol. The molecule has 0 aliphatic carbocycles. The van der Waals surface area contributed by atoms with Crippen LogP contribution in [-0.2, 0) is 0 Å². The zero-order valence-corrected chi connectivity index (χ0v) is 13.4. The van der Waals surface area contributed by atoms with E-state index < -0.39 is 0 Å². The summed E-state index contributed by atoms with van der Waals surface area (Å²) < 4.78 is 5.92. The highest BCUT2D eigenvalue weighted by atomic mass is 16.3. The number of nitrogens with zero attached hydrogens (tertiary/aromatic N) is 1. The minimum atomic E-state index is 0.648. The predicted octanol–water partition coefficient (Wildman–Crippen LogP) is 6.12. The lowest BCUT2D eigenvalue weighted by Crippen LogP contribution is -1.83. The minimum Gasteiger partial charge on any atom is -0.436 e. The van der Waals surface area contributed by atoms with Crippen molar-refractivity contribution in [3.63, 3.8) is 0 Å². The van der Waals surface area contributed by atoms with Gasteiger partial charge in [-0.3, -0.25) is 0 Å². The highest BCUT2D eigenvalue weighted by Crippen LogP contribution is 2.32. The lowest BCUT2D eigenvalue weighted by Gasteiger charge is -2.07. The number of hydrogen-bond acceptors (Lipinski definition) is 2. The number of hydrogen-bond donors (Lipinski definition) is 0. The first-order chi connectivity index (χ1) is 12.4. The zero-order valence-electron chi connectivity index (χ0n) is 13.4. The maximum atomic E-state index is 5.92. The molecule has 0 amide bonds. The predicted molar refractivity (Wildman–Crippen MR) is 101 cm³/mol. The minimum absolute atomic E-state index is 0.648. The molecule has 117 valence electrons. The fourth-order valence-corrected chi connectivity index (χ4v) is 3.22. The smallest absolute Gasteiger partial charge is 0.227 e. The fraction of sp³-hybridized carbons (Fsp3) is 0. The third-order valence-corrected chi connectivity index (χ3v) is 4.42. The zero-order chi connectivity index (χ0) is 16.6. The molecule has 4 aromatic carbocycles. The van der Waals surface area contributed by atoms with Gasteiger partial charge in [-0.25, -0.2) is 4.98 Å². The molecule has 0 saturated carbocycles. The maximum absolute atomic E-state index is 5.92. The van der Waals surface area contributed by atoms with Crippen molar-refractivity contribution in [1.29, 1.82) is 0 Å². The molecule has 25 heavy (non-hydrogen) atoms. The molecule has 1 radical (unpaired) electrons. The largest absolute Gasteiger partial charge is 0.436 e. The van der Waals surface area contributed by atoms with Crippen molar-refractivity contribution in [2.45, 2.75) is 0 Å². The summed E-state index contributed by atoms with van der Waals surface area (Å²) in [6, 6.07) is 31.9. The summed E-state index contributed by atoms with van der Waals surface area (Å²) >= 11 is 0. The standard InChI is InChI=1S/C23H14NO/c1-2-11-19-16(7-1)8-6-12-20(19)17-9-5-10-18(15-17)23-24-21-13-3-4-14-22(21)25-23/h1-7,9-15H. The van der Waals surface area contributed by atoms with Crippen LogP contribution in [0.4, 0.5) is 0 Å². The number of rotatable bonds is 2. The number of aromatic nitrogens is 1. The van der Waals surface area contributed by atoms with Crippen molar-refractivity contribution in [2.75, 3.05) is 0 Å². The first-order valence-electron chi connectivity index (χ1n) is 8.24. The summed E-state index contributed by atoms with van der Waals surface area (Å²) in [7, 11) is 0. The highest BCUT2D eigenvalue weighted by molar-refractivity contribution is 5.96. The van der Waals surface area contributed by atoms with Gasteiger partial charge in [0.2, 0.25) is 5.89 Å². The van der Waals surface area contributed by atoms with Gasteiger partial charge in [0.25, 0.3) is 0 Å². The molecule has 0 saturated heterocycles. The Balaban J connectivity index is 1.67. The Bertz CT molecular complexity index is 1160. The van der Waals surface area contributed by atoms with E-state index in [9.17, 15) is 0 Å². The van der Waals surface area contributed by atoms with Crippen molar-refractivity contribution in [2.24, 2.45) is 0 Å². The molecule has 5 aromatic rings. The van der Waals surface area contributed by atoms with E-state index in [1.165, 1.54) is 10.9 Å². The molecule has 1 aromatic heterocycles. The summed E-state index contributed by atoms with van der Waals surface area (Å²) in [6.07, 6.45) is 0. The molecular formula is C23H14NO. The van der Waals surface area contributed by atoms with Crippen molar-refractivity contribution in [1.82, 2.24) is 4.98 Å². The van der Waals surface area contributed by atoms with Gasteiger partial charge in [0.1, 0.15) is 5.52 Å². The van der Waals surface area contributed by atoms with Gasteiger partial charge in [-0.1, -0.05) is 60.7 Å². The van der Waals surface area contributed by atoms with E-state index >= 15 is 0 Å². The van der Waals surface area contributed by atoms with Crippen LogP contribution in [0.1, 0.15) is 0 Å². The summed E-state index contributed by atoms with van der Waals surface area (Å²) in [4.78, 5) is 4.61. The van der Waals surface area contributed by atoms with Gasteiger partial charge in [0, 0.05) is 5.56 Å². The van der Waals surface area contributed by atoms with Crippen molar-refractivity contribution < 1.29 is 4.42 Å². The number of para-hydroxylation sites is 2. The van der Waals surface area contributed by atoms with Crippen LogP contribution in [0.5, 0.6) is 0 Å². The van der Waals surface area contributed by atoms with E-state index in [0.29, 0.717) is 5.89 Å². The normalized spacial score (nSPS) is 11.2. The molecule has 2 heteroatoms. The van der Waals surface area contributed by atoms with Crippen LogP contribution in [0.3, 0.4) is 0 Å². The van der Waals surface area contributed by atoms with Crippen LogP contribution in [0.15, 0.2) is 89.3 Å². The Kier molecular flexibility index (Phi) is 3.14. The molecule has 2 nitrogen and oxygen atoms in total. The van der Waals surface area contributed by atoms with Crippen LogP contribution >= 0.6 is 0 Å². The van der Waals surface area contributed by atoms with Gasteiger partial charge in [-0.05, 0) is 52.2 Å². The SMILES string of the molecule is [c]1ccc(-c2cccc(-c3nc4ccccc4o3)c2)c2ccccc12. The third kappa shape index (κ3) is 2.39. The third-order valence-electron chi connectivity index (χ3n) is 4.42. The van der Waals surface area contributed by atoms with E-state index in [1.807, 2.05) is 48.5 Å². The fourth-order valence-electron chi connectivity index (χ4n) is 3.22. The molecule has 5 rings (SSSR count). The molecule has 0 fully saturated rings. The second kappa shape index (κ2) is 5.60. The maximum Gasteiger partial charge on any atom is 0.227 e. The van der Waals surface area contributed by atoms with Crippen LogP contribution in [0, 0.1) is 6.07 Å². The van der Waals surface area contributed by atoms with E-state index in [-0.39, 0.29) is 0 Å². The summed E-state index contributed by atoms with van der Waals surface area (Å²) in [5, 5.41) is 2.31. The topological polar surface area (TPSA) is 26.0 Å². The number of fused-ring (bicyclic) bond motifs is 2. The quantitative estimate of drug-likeness (QED) is 0.392. The summed E-state index contributed by atoms with van der Waals surface area (Å²) in [5.74, 6) is 0.648. The second-order valence-electron chi connectivity index (χ2n) is 6.00. The Morgan fingerprint density at radius 2 is 1.60 bits per heavy atom. The Morgan fingerprint density at radius 3 is 2.56 bits per heavy atom. The Labute approximate surface area is 145 Å². The van der Waals surface area contributed by atoms with Gasteiger partial charge < -0.3 is 4.42 Å². The number of benzene rings is 4. The molecule has 0 spiro atoms. The van der Waals surface area contributed by atoms with Gasteiger partial charge in [0.15, 0.2) is 5.58 Å². The molecule has 0 aliphatic rings. The first-order valence-corrected chi connectivity index (χ1v) is 8.24. The molecule has 0 N–H and O–H groups in total. The van der Waals surface area contributed by atoms with Gasteiger partial charge in [-0.15, -0.1) is 0 Å². The van der Waals surface area contributed by atoms with Gasteiger partial charge >= 0.3 is 0 Å². The second-order valence-corrected chi connectivity index (χ2v) is 6.00. The molecule has 0 unspecified atom stereocenters. The lowest BCUT2D eigenvalue weighted by molar-refractivity contribution is 0.620. The average Bonchev–Trinajstić information content (AvgIpc) is 3.12. The lowest BCUT2D eigenvalue weighted by atomic mass is 9.97. The highest BCUT2D eigenvalue weighted by Gasteiger charge is 2.10. The van der Waals surface area contributed by atoms with Gasteiger partial charge in [-0.2, -0.15) is 0 Å². The van der Waals surface area contributed by atoms with Crippen molar-refractivity contribution >= 4 is 21.9 Å². The van der Waals surface area contributed by atoms with E-state index in [0.717, 1.165) is 27.6 Å². The van der Waals surface area contributed by atoms with Crippen molar-refractivity contribution in [3.05, 3.63) is 91.0 Å². The van der Waals surface area contributed by atoms with Crippen molar-refractivity contribution in [3.8, 4) is 22.6 Å². The average molecular weight is 320 g/mol. The van der Waals surface area contributed by atoms with Crippen LogP contribution in [0.2, 0.25) is 0 Å². The number of oxazole rings is 1. The molecule has 1 heterocycles. The first kappa shape index (κ1) is 14.0. The van der Waals surface area contributed by atoms with Crippen LogP contribution < -0.4 is 0 Å². The van der Waals surface area contributed by atoms with E-state index in [4.69, 9.17) is 4.42 Å². The van der Waals surface area contributed by atoms with Gasteiger partial charge in [0.05, 0.1) is 0 Å².